The molecule has 0 aliphatic heterocycles. The molecule has 260 valence electrons. The molecule has 0 bridgehead atoms. The van der Waals surface area contributed by atoms with Gasteiger partial charge in [0.1, 0.15) is 12.1 Å². The average molecular weight is 678 g/mol. The SMILES string of the molecule is CN(CCNC(=O)c1ccc(C(F)(F)F)cc1)C(=O)C(NC(=O)C(N)CC(=O)N(CCN)CCN)C(O)c1ccc(C(F)(F)F)cc1. The van der Waals surface area contributed by atoms with Crippen LogP contribution in [-0.2, 0) is 26.7 Å². The van der Waals surface area contributed by atoms with Crippen LogP contribution in [0.15, 0.2) is 48.5 Å². The van der Waals surface area contributed by atoms with Crippen molar-refractivity contribution in [3.8, 4) is 0 Å². The largest absolute Gasteiger partial charge is 0.416 e. The molecular formula is C29H37F6N7O5. The van der Waals surface area contributed by atoms with E-state index in [0.29, 0.717) is 12.1 Å². The molecule has 0 heterocycles. The van der Waals surface area contributed by atoms with Crippen LogP contribution in [0.1, 0.15) is 39.6 Å². The molecule has 0 aliphatic carbocycles. The summed E-state index contributed by atoms with van der Waals surface area (Å²) >= 11 is 0. The molecule has 2 aromatic carbocycles. The van der Waals surface area contributed by atoms with Crippen molar-refractivity contribution in [1.29, 1.82) is 0 Å². The zero-order chi connectivity index (χ0) is 35.5. The lowest BCUT2D eigenvalue weighted by Gasteiger charge is -2.29. The van der Waals surface area contributed by atoms with Crippen LogP contribution in [0.4, 0.5) is 26.3 Å². The molecule has 18 heteroatoms. The number of hydrogen-bond donors (Lipinski definition) is 6. The number of carbonyl (C=O) groups excluding carboxylic acids is 4. The maximum Gasteiger partial charge on any atom is 0.416 e. The van der Waals surface area contributed by atoms with E-state index < -0.39 is 71.7 Å². The van der Waals surface area contributed by atoms with Crippen molar-refractivity contribution in [2.45, 2.75) is 37.0 Å². The highest BCUT2D eigenvalue weighted by molar-refractivity contribution is 5.94. The zero-order valence-corrected chi connectivity index (χ0v) is 25.3. The molecule has 2 aromatic rings. The Labute approximate surface area is 266 Å². The van der Waals surface area contributed by atoms with Crippen molar-refractivity contribution in [2.24, 2.45) is 17.2 Å². The van der Waals surface area contributed by atoms with E-state index in [1.807, 2.05) is 0 Å². The average Bonchev–Trinajstić information content (AvgIpc) is 3.01. The van der Waals surface area contributed by atoms with Crippen molar-refractivity contribution in [3.63, 3.8) is 0 Å². The lowest BCUT2D eigenvalue weighted by atomic mass is 9.99. The summed E-state index contributed by atoms with van der Waals surface area (Å²) in [5.74, 6) is -3.29. The van der Waals surface area contributed by atoms with E-state index in [4.69, 9.17) is 17.2 Å². The first kappa shape index (κ1) is 38.9. The summed E-state index contributed by atoms with van der Waals surface area (Å²) in [6.07, 6.45) is -11.7. The minimum atomic E-state index is -4.68. The number of amides is 4. The third kappa shape index (κ3) is 11.5. The molecular weight excluding hydrogens is 640 g/mol. The van der Waals surface area contributed by atoms with E-state index in [2.05, 4.69) is 10.6 Å². The fourth-order valence-electron chi connectivity index (χ4n) is 4.28. The minimum Gasteiger partial charge on any atom is -0.386 e. The van der Waals surface area contributed by atoms with E-state index >= 15 is 0 Å². The van der Waals surface area contributed by atoms with Crippen LogP contribution < -0.4 is 27.8 Å². The summed E-state index contributed by atoms with van der Waals surface area (Å²) < 4.78 is 77.6. The molecule has 0 aromatic heterocycles. The van der Waals surface area contributed by atoms with Crippen LogP contribution >= 0.6 is 0 Å². The van der Waals surface area contributed by atoms with Gasteiger partial charge in [-0.15, -0.1) is 0 Å². The van der Waals surface area contributed by atoms with Crippen molar-refractivity contribution >= 4 is 23.6 Å². The van der Waals surface area contributed by atoms with Gasteiger partial charge >= 0.3 is 12.4 Å². The zero-order valence-electron chi connectivity index (χ0n) is 25.3. The fourth-order valence-corrected chi connectivity index (χ4v) is 4.28. The summed E-state index contributed by atoms with van der Waals surface area (Å²) in [7, 11) is 1.24. The van der Waals surface area contributed by atoms with Gasteiger partial charge in [-0.25, -0.2) is 0 Å². The lowest BCUT2D eigenvalue weighted by Crippen LogP contribution is -2.55. The Morgan fingerprint density at radius 3 is 1.79 bits per heavy atom. The topological polar surface area (TPSA) is 197 Å². The highest BCUT2D eigenvalue weighted by Crippen LogP contribution is 2.31. The molecule has 2 rings (SSSR count). The van der Waals surface area contributed by atoms with Crippen LogP contribution in [-0.4, -0.2) is 96.9 Å². The minimum absolute atomic E-state index is 0.0881. The Balaban J connectivity index is 2.19. The summed E-state index contributed by atoms with van der Waals surface area (Å²) in [5, 5.41) is 15.7. The highest BCUT2D eigenvalue weighted by atomic mass is 19.4. The number of aliphatic hydroxyl groups is 1. The second-order valence-electron chi connectivity index (χ2n) is 10.4. The maximum atomic E-state index is 13.4. The van der Waals surface area contributed by atoms with Gasteiger partial charge in [0, 0.05) is 51.9 Å². The van der Waals surface area contributed by atoms with Gasteiger partial charge in [-0.1, -0.05) is 12.1 Å². The first-order chi connectivity index (χ1) is 21.9. The normalized spacial score (nSPS) is 13.7. The van der Waals surface area contributed by atoms with Gasteiger partial charge in [-0.05, 0) is 42.0 Å². The summed E-state index contributed by atoms with van der Waals surface area (Å²) in [6, 6.07) is 3.28. The van der Waals surface area contributed by atoms with Crippen LogP contribution in [0, 0.1) is 0 Å². The maximum absolute atomic E-state index is 13.4. The molecule has 0 aliphatic rings. The molecule has 12 nitrogen and oxygen atoms in total. The van der Waals surface area contributed by atoms with Gasteiger partial charge in [0.2, 0.25) is 17.7 Å². The van der Waals surface area contributed by atoms with Crippen LogP contribution in [0.25, 0.3) is 0 Å². The van der Waals surface area contributed by atoms with Crippen molar-refractivity contribution < 1.29 is 50.6 Å². The third-order valence-electron chi connectivity index (χ3n) is 6.92. The van der Waals surface area contributed by atoms with E-state index in [0.717, 1.165) is 41.3 Å². The van der Waals surface area contributed by atoms with Crippen LogP contribution in [0.5, 0.6) is 0 Å². The smallest absolute Gasteiger partial charge is 0.386 e. The van der Waals surface area contributed by atoms with E-state index in [1.165, 1.54) is 11.9 Å². The predicted octanol–water partition coefficient (Wildman–Crippen LogP) is 0.594. The quantitative estimate of drug-likeness (QED) is 0.147. The van der Waals surface area contributed by atoms with Gasteiger partial charge in [0.05, 0.1) is 23.6 Å². The lowest BCUT2D eigenvalue weighted by molar-refractivity contribution is -0.140. The first-order valence-corrected chi connectivity index (χ1v) is 14.2. The van der Waals surface area contributed by atoms with Gasteiger partial charge in [-0.3, -0.25) is 19.2 Å². The number of benzene rings is 2. The molecule has 0 saturated heterocycles. The second kappa shape index (κ2) is 17.1. The van der Waals surface area contributed by atoms with Gasteiger partial charge in [0.25, 0.3) is 5.91 Å². The number of alkyl halides is 6. The number of halogens is 6. The number of rotatable bonds is 15. The molecule has 0 fully saturated rings. The molecule has 0 radical (unpaired) electrons. The number of aliphatic hydroxyl groups excluding tert-OH is 1. The molecule has 3 atom stereocenters. The van der Waals surface area contributed by atoms with E-state index in [9.17, 15) is 50.6 Å². The summed E-state index contributed by atoms with van der Waals surface area (Å²) in [6.45, 7) is 0.0529. The van der Waals surface area contributed by atoms with Gasteiger partial charge in [-0.2, -0.15) is 26.3 Å². The molecule has 4 amide bonds. The summed E-state index contributed by atoms with van der Waals surface area (Å²) in [4.78, 5) is 53.7. The van der Waals surface area contributed by atoms with Crippen molar-refractivity contribution in [1.82, 2.24) is 20.4 Å². The number of hydrogen-bond acceptors (Lipinski definition) is 8. The Kier molecular flexibility index (Phi) is 14.1. The monoisotopic (exact) mass is 677 g/mol. The molecule has 9 N–H and O–H groups in total. The van der Waals surface area contributed by atoms with Crippen molar-refractivity contribution in [2.75, 3.05) is 46.3 Å². The van der Waals surface area contributed by atoms with Crippen LogP contribution in [0.2, 0.25) is 0 Å². The molecule has 0 spiro atoms. The van der Waals surface area contributed by atoms with Crippen LogP contribution in [0.3, 0.4) is 0 Å². The fraction of sp³-hybridized carbons (Fsp3) is 0.448. The Morgan fingerprint density at radius 1 is 0.830 bits per heavy atom. The number of nitrogens with zero attached hydrogens (tertiary/aromatic N) is 2. The Hall–Kier alpha value is -4.26. The number of likely N-dealkylation sites (N-methyl/N-ethyl adjacent to an activating group) is 1. The third-order valence-corrected chi connectivity index (χ3v) is 6.92. The molecule has 3 unspecified atom stereocenters. The summed E-state index contributed by atoms with van der Waals surface area (Å²) in [5.41, 5.74) is 14.7. The predicted molar refractivity (Wildman–Crippen MR) is 157 cm³/mol. The highest BCUT2D eigenvalue weighted by Gasteiger charge is 2.35. The van der Waals surface area contributed by atoms with Crippen molar-refractivity contribution in [3.05, 3.63) is 70.8 Å². The Morgan fingerprint density at radius 2 is 1.32 bits per heavy atom. The molecule has 47 heavy (non-hydrogen) atoms. The van der Waals surface area contributed by atoms with Gasteiger partial charge < -0.3 is 42.7 Å². The van der Waals surface area contributed by atoms with E-state index in [1.54, 1.807) is 0 Å². The van der Waals surface area contributed by atoms with E-state index in [-0.39, 0.29) is 50.4 Å². The standard InChI is InChI=1S/C29H37F6N7O5/c1-41(15-12-39-25(45)18-4-8-20(9-5-18)29(33,34)35)27(47)23(24(44)17-2-6-19(7-3-17)28(30,31)32)40-26(46)21(38)16-22(43)42(13-10-36)14-11-37/h2-9,21,23-24,44H,10-16,36-38H2,1H3,(H,39,45)(H,40,46). The second-order valence-corrected chi connectivity index (χ2v) is 10.4. The number of nitrogens with one attached hydrogen (secondary N) is 2. The number of carbonyl (C=O) groups is 4. The Bertz CT molecular complexity index is 1350. The first-order valence-electron chi connectivity index (χ1n) is 14.2. The number of nitrogens with two attached hydrogens (primary N) is 3. The molecule has 0 saturated carbocycles. The van der Waals surface area contributed by atoms with Gasteiger partial charge in [0.15, 0.2) is 0 Å².